The number of hydrogen-bond acceptors (Lipinski definition) is 4. The first-order chi connectivity index (χ1) is 9.69. The lowest BCUT2D eigenvalue weighted by atomic mass is 10.1. The van der Waals surface area contributed by atoms with Gasteiger partial charge in [0.1, 0.15) is 5.82 Å². The van der Waals surface area contributed by atoms with Gasteiger partial charge in [-0.05, 0) is 31.0 Å². The lowest BCUT2D eigenvalue weighted by molar-refractivity contribution is -0.0321. The highest BCUT2D eigenvalue weighted by Gasteiger charge is 2.23. The summed E-state index contributed by atoms with van der Waals surface area (Å²) in [5.74, 6) is 0.953. The van der Waals surface area contributed by atoms with Gasteiger partial charge in [0.2, 0.25) is 0 Å². The maximum Gasteiger partial charge on any atom is 0.121 e. The van der Waals surface area contributed by atoms with Gasteiger partial charge in [0.05, 0.1) is 43.4 Å². The van der Waals surface area contributed by atoms with Crippen molar-refractivity contribution in [1.82, 2.24) is 14.9 Å². The van der Waals surface area contributed by atoms with Gasteiger partial charge < -0.3 is 14.8 Å². The summed E-state index contributed by atoms with van der Waals surface area (Å²) in [6, 6.07) is 4.27. The van der Waals surface area contributed by atoms with Crippen molar-refractivity contribution in [3.05, 3.63) is 29.1 Å². The van der Waals surface area contributed by atoms with Gasteiger partial charge in [-0.1, -0.05) is 6.07 Å². The Morgan fingerprint density at radius 3 is 3.10 bits per heavy atom. The minimum atomic E-state index is 0.0693. The van der Waals surface area contributed by atoms with Crippen LogP contribution in [0.5, 0.6) is 0 Å². The smallest absolute Gasteiger partial charge is 0.121 e. The number of aryl methyl sites for hydroxylation is 2. The Hall–Kier alpha value is -1.43. The molecular weight excluding hydrogens is 254 g/mol. The molecule has 108 valence electrons. The maximum atomic E-state index is 9.41. The van der Waals surface area contributed by atoms with Crippen LogP contribution in [0.3, 0.4) is 0 Å². The van der Waals surface area contributed by atoms with Gasteiger partial charge in [-0.2, -0.15) is 0 Å². The quantitative estimate of drug-likeness (QED) is 0.888. The molecule has 1 aliphatic heterocycles. The summed E-state index contributed by atoms with van der Waals surface area (Å²) in [5.41, 5.74) is 4.62. The molecule has 0 spiro atoms. The number of morpholine rings is 1. The minimum Gasteiger partial charge on any atom is -0.395 e. The number of hydrogen-bond donors (Lipinski definition) is 2. The number of rotatable bonds is 3. The lowest BCUT2D eigenvalue weighted by Gasteiger charge is -2.33. The monoisotopic (exact) mass is 275 g/mol. The Morgan fingerprint density at radius 2 is 2.30 bits per heavy atom. The van der Waals surface area contributed by atoms with Gasteiger partial charge in [0, 0.05) is 6.54 Å². The molecule has 1 fully saturated rings. The zero-order valence-electron chi connectivity index (χ0n) is 12.0. The van der Waals surface area contributed by atoms with Crippen LogP contribution in [0.2, 0.25) is 0 Å². The summed E-state index contributed by atoms with van der Waals surface area (Å²) in [7, 11) is 0. The fraction of sp³-hybridized carbons (Fsp3) is 0.533. The van der Waals surface area contributed by atoms with Crippen LogP contribution in [0.25, 0.3) is 11.0 Å². The predicted octanol–water partition coefficient (Wildman–Crippen LogP) is 1.37. The second-order valence-corrected chi connectivity index (χ2v) is 5.47. The molecule has 20 heavy (non-hydrogen) atoms. The first-order valence-corrected chi connectivity index (χ1v) is 7.06. The fourth-order valence-electron chi connectivity index (χ4n) is 2.70. The SMILES string of the molecule is Cc1ccc2[nH]c(CN3CCOCC3CO)nc2c1C. The topological polar surface area (TPSA) is 61.4 Å². The van der Waals surface area contributed by atoms with E-state index in [1.54, 1.807) is 0 Å². The molecular formula is C15H21N3O2. The number of ether oxygens (including phenoxy) is 1. The molecule has 5 nitrogen and oxygen atoms in total. The number of aliphatic hydroxyl groups excluding tert-OH is 1. The Kier molecular flexibility index (Phi) is 3.74. The minimum absolute atomic E-state index is 0.0693. The predicted molar refractivity (Wildman–Crippen MR) is 77.7 cm³/mol. The van der Waals surface area contributed by atoms with Crippen LogP contribution < -0.4 is 0 Å². The van der Waals surface area contributed by atoms with E-state index in [-0.39, 0.29) is 12.6 Å². The average Bonchev–Trinajstić information content (AvgIpc) is 2.87. The maximum absolute atomic E-state index is 9.41. The van der Waals surface area contributed by atoms with E-state index in [9.17, 15) is 5.11 Å². The number of nitrogens with one attached hydrogen (secondary N) is 1. The largest absolute Gasteiger partial charge is 0.395 e. The molecule has 1 unspecified atom stereocenters. The second-order valence-electron chi connectivity index (χ2n) is 5.47. The highest BCUT2D eigenvalue weighted by Crippen LogP contribution is 2.20. The van der Waals surface area contributed by atoms with Gasteiger partial charge >= 0.3 is 0 Å². The lowest BCUT2D eigenvalue weighted by Crippen LogP contribution is -2.47. The molecule has 1 aromatic heterocycles. The molecule has 1 saturated heterocycles. The number of imidazole rings is 1. The van der Waals surface area contributed by atoms with Gasteiger partial charge in [-0.25, -0.2) is 4.98 Å². The normalized spacial score (nSPS) is 20.6. The molecule has 5 heteroatoms. The summed E-state index contributed by atoms with van der Waals surface area (Å²) < 4.78 is 5.40. The highest BCUT2D eigenvalue weighted by molar-refractivity contribution is 5.79. The first kappa shape index (κ1) is 13.5. The Balaban J connectivity index is 1.85. The third kappa shape index (κ3) is 2.44. The number of aromatic amines is 1. The van der Waals surface area contributed by atoms with Crippen LogP contribution in [0.1, 0.15) is 17.0 Å². The molecule has 0 radical (unpaired) electrons. The Morgan fingerprint density at radius 1 is 1.45 bits per heavy atom. The molecule has 2 N–H and O–H groups in total. The van der Waals surface area contributed by atoms with E-state index in [1.807, 2.05) is 0 Å². The van der Waals surface area contributed by atoms with Crippen LogP contribution in [-0.4, -0.2) is 52.4 Å². The summed E-state index contributed by atoms with van der Waals surface area (Å²) >= 11 is 0. The number of aromatic nitrogens is 2. The molecule has 0 saturated carbocycles. The van der Waals surface area contributed by atoms with Crippen molar-refractivity contribution in [3.8, 4) is 0 Å². The Labute approximate surface area is 118 Å². The second kappa shape index (κ2) is 5.52. The molecule has 0 aliphatic carbocycles. The number of benzene rings is 1. The molecule has 1 atom stereocenters. The summed E-state index contributed by atoms with van der Waals surface area (Å²) in [6.07, 6.45) is 0. The van der Waals surface area contributed by atoms with E-state index in [0.29, 0.717) is 6.61 Å². The molecule has 1 aromatic carbocycles. The summed E-state index contributed by atoms with van der Waals surface area (Å²) in [4.78, 5) is 10.3. The van der Waals surface area contributed by atoms with Crippen LogP contribution in [0, 0.1) is 13.8 Å². The van der Waals surface area contributed by atoms with Crippen molar-refractivity contribution in [1.29, 1.82) is 0 Å². The van der Waals surface area contributed by atoms with Gasteiger partial charge in [-0.15, -0.1) is 0 Å². The first-order valence-electron chi connectivity index (χ1n) is 7.06. The molecule has 2 heterocycles. The van der Waals surface area contributed by atoms with Crippen LogP contribution in [0.15, 0.2) is 12.1 Å². The van der Waals surface area contributed by atoms with E-state index in [1.165, 1.54) is 11.1 Å². The average molecular weight is 275 g/mol. The van der Waals surface area contributed by atoms with Crippen molar-refractivity contribution < 1.29 is 9.84 Å². The molecule has 1 aliphatic rings. The van der Waals surface area contributed by atoms with Crippen molar-refractivity contribution in [2.75, 3.05) is 26.4 Å². The molecule has 0 bridgehead atoms. The van der Waals surface area contributed by atoms with Gasteiger partial charge in [0.25, 0.3) is 0 Å². The van der Waals surface area contributed by atoms with Crippen molar-refractivity contribution in [2.45, 2.75) is 26.4 Å². The fourth-order valence-corrected chi connectivity index (χ4v) is 2.70. The zero-order chi connectivity index (χ0) is 14.1. The van der Waals surface area contributed by atoms with Gasteiger partial charge in [-0.3, -0.25) is 4.90 Å². The van der Waals surface area contributed by atoms with Crippen LogP contribution in [-0.2, 0) is 11.3 Å². The van der Waals surface area contributed by atoms with Crippen LogP contribution in [0.4, 0.5) is 0 Å². The van der Waals surface area contributed by atoms with Crippen molar-refractivity contribution in [2.24, 2.45) is 0 Å². The number of H-pyrrole nitrogens is 1. The van der Waals surface area contributed by atoms with Crippen molar-refractivity contribution >= 4 is 11.0 Å². The third-order valence-electron chi connectivity index (χ3n) is 4.14. The van der Waals surface area contributed by atoms with Crippen molar-refractivity contribution in [3.63, 3.8) is 0 Å². The van der Waals surface area contributed by atoms with Crippen LogP contribution >= 0.6 is 0 Å². The molecule has 3 rings (SSSR count). The van der Waals surface area contributed by atoms with E-state index in [2.05, 4.69) is 35.9 Å². The number of nitrogens with zero attached hydrogens (tertiary/aromatic N) is 2. The van der Waals surface area contributed by atoms with Gasteiger partial charge in [0.15, 0.2) is 0 Å². The molecule has 2 aromatic rings. The number of aliphatic hydroxyl groups is 1. The van der Waals surface area contributed by atoms with E-state index in [4.69, 9.17) is 9.72 Å². The number of fused-ring (bicyclic) bond motifs is 1. The summed E-state index contributed by atoms with van der Waals surface area (Å²) in [5, 5.41) is 9.41. The van der Waals surface area contributed by atoms with E-state index >= 15 is 0 Å². The highest BCUT2D eigenvalue weighted by atomic mass is 16.5. The summed E-state index contributed by atoms with van der Waals surface area (Å²) in [6.45, 7) is 7.20. The zero-order valence-corrected chi connectivity index (χ0v) is 12.0. The van der Waals surface area contributed by atoms with E-state index in [0.717, 1.165) is 36.6 Å². The standard InChI is InChI=1S/C15H21N3O2/c1-10-3-4-13-15(11(10)2)17-14(16-13)7-18-5-6-20-9-12(18)8-19/h3-4,12,19H,5-9H2,1-2H3,(H,16,17). The Bertz CT molecular complexity index is 608. The molecule has 0 amide bonds. The van der Waals surface area contributed by atoms with E-state index < -0.39 is 0 Å². The third-order valence-corrected chi connectivity index (χ3v) is 4.14.